The first-order valence-electron chi connectivity index (χ1n) is 16.7. The molecule has 0 aromatic carbocycles. The molecule has 0 aliphatic heterocycles. The molecule has 95 heteroatoms. The van der Waals surface area contributed by atoms with Crippen LogP contribution in [0, 0.1) is 0 Å². The summed E-state index contributed by atoms with van der Waals surface area (Å²) in [4.78, 5) is 0. The zero-order valence-electron chi connectivity index (χ0n) is 40.5. The molecule has 0 aliphatic carbocycles. The first kappa shape index (κ1) is 130. The van der Waals surface area contributed by atoms with Crippen LogP contribution in [-0.2, 0) is 33.0 Å². The Morgan fingerprint density at radius 2 is 0.247 bits per heavy atom. The van der Waals surface area contributed by atoms with Gasteiger partial charge in [-0.3, -0.25) is 0 Å². The lowest BCUT2D eigenvalue weighted by molar-refractivity contribution is 0.402. The molecule has 0 aromatic rings. The van der Waals surface area contributed by atoms with E-state index in [1.807, 2.05) is 734 Å². The normalized spacial score (nSPS) is 12.0. The van der Waals surface area contributed by atoms with Gasteiger partial charge in [-0.25, -0.2) is 0 Å². The Kier molecular flexibility index (Phi) is 164. The van der Waals surface area contributed by atoms with Crippen molar-refractivity contribution in [1.29, 1.82) is 0 Å². The van der Waals surface area contributed by atoms with Crippen LogP contribution in [0.15, 0.2) is 0 Å². The van der Waals surface area contributed by atoms with Gasteiger partial charge < -0.3 is 4.18 Å². The van der Waals surface area contributed by atoms with Gasteiger partial charge in [0.2, 0.25) is 0 Å². The number of rotatable bonds is 92. The lowest BCUT2D eigenvalue weighted by Crippen LogP contribution is -1.93. The van der Waals surface area contributed by atoms with E-state index in [4.69, 9.17) is 26.6 Å². The molecule has 0 atom stereocenters. The highest BCUT2D eigenvalue weighted by atomic mass is 34.2. The molecule has 0 heterocycles. The van der Waals surface area contributed by atoms with Gasteiger partial charge >= 0.3 is 0 Å². The average Bonchev–Trinajstić information content (AvgIpc) is 3.25. The summed E-state index contributed by atoms with van der Waals surface area (Å²) in [6.07, 6.45) is 0. The van der Waals surface area contributed by atoms with Crippen LogP contribution in [0.25, 0.3) is 0 Å². The molecule has 0 saturated carbocycles. The Labute approximate surface area is 915 Å². The van der Waals surface area contributed by atoms with Crippen molar-refractivity contribution in [1.82, 2.24) is 0 Å². The lowest BCUT2D eigenvalue weighted by Gasteiger charge is -2.06. The third kappa shape index (κ3) is 125. The van der Waals surface area contributed by atoms with Crippen LogP contribution in [0.2, 0.25) is 0 Å². The SMILES string of the molecule is CCOS(=S)(=S)SSSSSSSSSSSSSSSSSSSSSSSSSSSSSSSSSSSSSSSSSSSSSSSSSSSSSSSSSSSSSSSSSSSSSSSSSSSSSSSSSSSSSSSSSSS. The summed E-state index contributed by atoms with van der Waals surface area (Å²) < 4.78 is 5.42. The van der Waals surface area contributed by atoms with Crippen LogP contribution in [-0.4, -0.2) is 6.61 Å². The third-order valence-electron chi connectivity index (χ3n) is 2.82. The molecule has 1 nitrogen and oxygen atoms in total. The van der Waals surface area contributed by atoms with Gasteiger partial charge in [0.25, 0.3) is 0 Å². The first-order chi connectivity index (χ1) is 48.1. The zero-order valence-corrected chi connectivity index (χ0v) is 117. The Hall–Kier alpha value is 32.6. The van der Waals surface area contributed by atoms with E-state index in [1.165, 1.54) is 19.7 Å². The van der Waals surface area contributed by atoms with E-state index in [0.717, 1.165) is 0 Å². The molecule has 0 aromatic heterocycles. The van der Waals surface area contributed by atoms with Gasteiger partial charge in [0.05, 0.1) is 13.1 Å². The van der Waals surface area contributed by atoms with Crippen molar-refractivity contribution < 1.29 is 4.18 Å². The first-order valence-corrected chi connectivity index (χ1v) is 141. The Morgan fingerprint density at radius 1 is 0.165 bits per heavy atom. The van der Waals surface area contributed by atoms with Crippen LogP contribution < -0.4 is 0 Å². The summed E-state index contributed by atoms with van der Waals surface area (Å²) in [5, 5.41) is 0. The Morgan fingerprint density at radius 3 is 0.330 bits per heavy atom. The Balaban J connectivity index is 3.10. The maximum absolute atomic E-state index is 5.42. The predicted molar refractivity (Wildman–Crippen MR) is 726 cm³/mol. The summed E-state index contributed by atoms with van der Waals surface area (Å²) in [5.41, 5.74) is 0. The fourth-order valence-corrected chi connectivity index (χ4v) is 251. The van der Waals surface area contributed by atoms with Crippen LogP contribution >= 0.6 is 896 Å². The highest BCUT2D eigenvalue weighted by Gasteiger charge is 2.10. The standard InChI is InChI=1S/C2H6OS94/c1-2-3-97(5,6)96-95-94-93-92-91-90-89-88-87-86-85-84-83-82-81-80-79-78-77-76-75-74-73-72-71-70-69-68-67-66-65-64-63-62-61-60-59-58-57-56-55-54-53-52-51-50-49-48-47-46-45-44-43-42-41-40-39-38-37-36-35-34-33-32-31-30-29-28-27-26-25-24-23-22-21-20-19-18-17-16-15-14-13-12-11-10-9-8-7-4/h4H,2H2,1H3. The van der Waals surface area contributed by atoms with Gasteiger partial charge in [-0.15, -0.1) is 0 Å². The molecule has 0 radical (unpaired) electrons. The van der Waals surface area contributed by atoms with E-state index in [0.29, 0.717) is 6.61 Å². The molecule has 0 unspecified atom stereocenters. The molecule has 0 rings (SSSR count). The summed E-state index contributed by atoms with van der Waals surface area (Å²) in [7, 11) is 163. The fourth-order valence-electron chi connectivity index (χ4n) is 1.20. The van der Waals surface area contributed by atoms with Crippen LogP contribution in [0.3, 0.4) is 0 Å². The quantitative estimate of drug-likeness (QED) is 0.0352. The average molecular weight is 3060 g/mol. The zero-order chi connectivity index (χ0) is 69.6. The number of hydrogen-bond donors (Lipinski definition) is 1. The van der Waals surface area contributed by atoms with Crippen molar-refractivity contribution in [2.75, 3.05) is 6.61 Å². The van der Waals surface area contributed by atoms with Gasteiger partial charge in [0, 0.05) is 806 Å². The largest absolute Gasteiger partial charge is 0.302 e. The molecular weight excluding hydrogens is 3050 g/mol. The van der Waals surface area contributed by atoms with Gasteiger partial charge in [0.15, 0.2) is 0 Å². The molecule has 0 bridgehead atoms. The lowest BCUT2D eigenvalue weighted by atomic mass is 10.9. The van der Waals surface area contributed by atoms with Crippen molar-refractivity contribution in [2.45, 2.75) is 6.92 Å². The van der Waals surface area contributed by atoms with Crippen LogP contribution in [0.1, 0.15) is 6.92 Å². The van der Waals surface area contributed by atoms with E-state index in [1.54, 1.807) is 138 Å². The minimum absolute atomic E-state index is 0.578. The second-order valence-corrected chi connectivity index (χ2v) is 174. The van der Waals surface area contributed by atoms with Gasteiger partial charge in [-0.2, -0.15) is 0 Å². The Bertz CT molecular complexity index is 1440. The van der Waals surface area contributed by atoms with Crippen molar-refractivity contribution in [3.05, 3.63) is 0 Å². The van der Waals surface area contributed by atoms with E-state index < -0.39 is 6.46 Å². The minimum Gasteiger partial charge on any atom is -0.302 e. The second kappa shape index (κ2) is 123. The smallest absolute Gasteiger partial charge is 0.0820 e. The molecule has 0 N–H and O–H groups in total. The highest BCUT2D eigenvalue weighted by molar-refractivity contribution is 9.68. The number of thiol groups is 1. The van der Waals surface area contributed by atoms with Crippen molar-refractivity contribution in [3.8, 4) is 0 Å². The van der Waals surface area contributed by atoms with E-state index in [2.05, 4.69) is 11.7 Å². The van der Waals surface area contributed by atoms with Crippen LogP contribution in [0.5, 0.6) is 0 Å². The van der Waals surface area contributed by atoms with Crippen molar-refractivity contribution >= 4 is 925 Å². The fraction of sp³-hybridized carbons (Fsp3) is 1.00. The van der Waals surface area contributed by atoms with Gasteiger partial charge in [-0.05, 0) is 108 Å². The molecule has 0 saturated heterocycles. The predicted octanol–water partition coefficient (Wildman–Crippen LogP) is 59.2. The maximum atomic E-state index is 5.42. The van der Waals surface area contributed by atoms with Crippen LogP contribution in [0.4, 0.5) is 0 Å². The van der Waals surface area contributed by atoms with Crippen molar-refractivity contribution in [3.63, 3.8) is 0 Å². The second-order valence-electron chi connectivity index (χ2n) is 6.94. The summed E-state index contributed by atoms with van der Waals surface area (Å²) in [6.45, 7) is 0.687. The molecule has 584 valence electrons. The monoisotopic (exact) mass is 3050 g/mol. The molecule has 0 amide bonds. The molecular formula is C2H6OS94. The van der Waals surface area contributed by atoms with Gasteiger partial charge in [0.1, 0.15) is 0 Å². The highest BCUT2D eigenvalue weighted by Crippen LogP contribution is 2.73. The summed E-state index contributed by atoms with van der Waals surface area (Å²) in [5.74, 6) is 0. The molecule has 0 aliphatic rings. The minimum atomic E-state index is -1.82. The molecule has 0 fully saturated rings. The van der Waals surface area contributed by atoms with E-state index >= 15 is 0 Å². The molecule has 0 spiro atoms. The van der Waals surface area contributed by atoms with E-state index in [9.17, 15) is 0 Å². The maximum Gasteiger partial charge on any atom is 0.0820 e. The third-order valence-corrected chi connectivity index (χ3v) is 207. The summed E-state index contributed by atoms with van der Waals surface area (Å²) in [6, 6.07) is 0. The molecule has 97 heavy (non-hydrogen) atoms. The number of hydrogen-bond acceptors (Lipinski definition) is 94. The topological polar surface area (TPSA) is 9.23 Å². The van der Waals surface area contributed by atoms with Crippen molar-refractivity contribution in [2.24, 2.45) is 0 Å². The van der Waals surface area contributed by atoms with E-state index in [-0.39, 0.29) is 0 Å². The van der Waals surface area contributed by atoms with Gasteiger partial charge in [-0.1, -0.05) is 11.7 Å². The summed E-state index contributed by atoms with van der Waals surface area (Å²) >= 11 is 14.7.